The van der Waals surface area contributed by atoms with E-state index in [-0.39, 0.29) is 0 Å². The molecule has 0 bridgehead atoms. The van der Waals surface area contributed by atoms with Gasteiger partial charge in [-0.25, -0.2) is 0 Å². The second-order valence-electron chi connectivity index (χ2n) is 6.29. The minimum absolute atomic E-state index is 0.824. The van der Waals surface area contributed by atoms with E-state index >= 15 is 0 Å². The standard InChI is InChI=1S/C17H28N2/c1-13-8-14(2)17(15(3)9-13)12-19(4)11-16-6-5-7-18-10-16/h8-9,16,18H,5-7,10-12H2,1-4H3. The topological polar surface area (TPSA) is 15.3 Å². The fraction of sp³-hybridized carbons (Fsp3) is 0.647. The number of piperidine rings is 1. The second kappa shape index (κ2) is 6.53. The number of rotatable bonds is 4. The van der Waals surface area contributed by atoms with Gasteiger partial charge in [0.25, 0.3) is 0 Å². The normalized spacial score (nSPS) is 19.9. The van der Waals surface area contributed by atoms with Crippen LogP contribution in [0.5, 0.6) is 0 Å². The average molecular weight is 260 g/mol. The first-order valence-electron chi connectivity index (χ1n) is 7.52. The van der Waals surface area contributed by atoms with E-state index in [4.69, 9.17) is 0 Å². The molecule has 1 heterocycles. The Hall–Kier alpha value is -0.860. The summed E-state index contributed by atoms with van der Waals surface area (Å²) in [6.07, 6.45) is 2.71. The smallest absolute Gasteiger partial charge is 0.0236 e. The molecule has 0 saturated carbocycles. The van der Waals surface area contributed by atoms with Gasteiger partial charge in [0.2, 0.25) is 0 Å². The summed E-state index contributed by atoms with van der Waals surface area (Å²) in [4.78, 5) is 2.49. The SMILES string of the molecule is Cc1cc(C)c(CN(C)CC2CCCNC2)c(C)c1. The van der Waals surface area contributed by atoms with Gasteiger partial charge in [-0.1, -0.05) is 17.7 Å². The Morgan fingerprint density at radius 2 is 1.89 bits per heavy atom. The summed E-state index contributed by atoms with van der Waals surface area (Å²) in [6, 6.07) is 4.61. The van der Waals surface area contributed by atoms with Crippen molar-refractivity contribution in [3.05, 3.63) is 34.4 Å². The van der Waals surface area contributed by atoms with Crippen molar-refractivity contribution < 1.29 is 0 Å². The first-order chi connectivity index (χ1) is 9.06. The number of benzene rings is 1. The van der Waals surface area contributed by atoms with Gasteiger partial charge < -0.3 is 10.2 Å². The molecule has 1 aromatic rings. The van der Waals surface area contributed by atoms with Gasteiger partial charge in [-0.15, -0.1) is 0 Å². The zero-order valence-electron chi connectivity index (χ0n) is 12.9. The maximum atomic E-state index is 3.51. The molecule has 1 saturated heterocycles. The lowest BCUT2D eigenvalue weighted by Gasteiger charge is -2.28. The number of nitrogens with zero attached hydrogens (tertiary/aromatic N) is 1. The van der Waals surface area contributed by atoms with Crippen molar-refractivity contribution in [1.29, 1.82) is 0 Å². The van der Waals surface area contributed by atoms with Crippen LogP contribution in [0, 0.1) is 26.7 Å². The third-order valence-electron chi connectivity index (χ3n) is 4.24. The lowest BCUT2D eigenvalue weighted by molar-refractivity contribution is 0.237. The van der Waals surface area contributed by atoms with Gasteiger partial charge >= 0.3 is 0 Å². The van der Waals surface area contributed by atoms with Crippen molar-refractivity contribution in [3.63, 3.8) is 0 Å². The van der Waals surface area contributed by atoms with E-state index in [0.29, 0.717) is 0 Å². The quantitative estimate of drug-likeness (QED) is 0.895. The lowest BCUT2D eigenvalue weighted by Crippen LogP contribution is -2.36. The van der Waals surface area contributed by atoms with E-state index in [9.17, 15) is 0 Å². The van der Waals surface area contributed by atoms with Gasteiger partial charge in [0.15, 0.2) is 0 Å². The molecular formula is C17H28N2. The largest absolute Gasteiger partial charge is 0.316 e. The average Bonchev–Trinajstić information content (AvgIpc) is 2.35. The summed E-state index contributed by atoms with van der Waals surface area (Å²) in [5.41, 5.74) is 5.76. The van der Waals surface area contributed by atoms with Crippen LogP contribution in [-0.4, -0.2) is 31.6 Å². The van der Waals surface area contributed by atoms with Gasteiger partial charge in [0.05, 0.1) is 0 Å². The molecule has 19 heavy (non-hydrogen) atoms. The summed E-state index contributed by atoms with van der Waals surface area (Å²) in [5.74, 6) is 0.824. The Bertz CT molecular complexity index is 396. The molecule has 0 radical (unpaired) electrons. The number of nitrogens with one attached hydrogen (secondary N) is 1. The van der Waals surface area contributed by atoms with E-state index in [0.717, 1.165) is 12.5 Å². The lowest BCUT2D eigenvalue weighted by atomic mass is 9.97. The van der Waals surface area contributed by atoms with Crippen LogP contribution in [0.25, 0.3) is 0 Å². The van der Waals surface area contributed by atoms with Crippen molar-refractivity contribution in [1.82, 2.24) is 10.2 Å². The summed E-state index contributed by atoms with van der Waals surface area (Å²) in [5, 5.41) is 3.51. The fourth-order valence-corrected chi connectivity index (χ4v) is 3.31. The van der Waals surface area contributed by atoms with E-state index in [1.54, 1.807) is 0 Å². The predicted octanol–water partition coefficient (Wildman–Crippen LogP) is 3.04. The Morgan fingerprint density at radius 1 is 1.21 bits per heavy atom. The third kappa shape index (κ3) is 4.05. The van der Waals surface area contributed by atoms with Crippen LogP contribution in [-0.2, 0) is 6.54 Å². The first-order valence-corrected chi connectivity index (χ1v) is 7.52. The van der Waals surface area contributed by atoms with E-state index in [1.807, 2.05) is 0 Å². The van der Waals surface area contributed by atoms with Crippen LogP contribution < -0.4 is 5.32 Å². The van der Waals surface area contributed by atoms with Crippen LogP contribution in [0.3, 0.4) is 0 Å². The van der Waals surface area contributed by atoms with Crippen LogP contribution in [0.2, 0.25) is 0 Å². The van der Waals surface area contributed by atoms with Gasteiger partial charge in [-0.2, -0.15) is 0 Å². The molecule has 1 aromatic carbocycles. The monoisotopic (exact) mass is 260 g/mol. The van der Waals surface area contributed by atoms with E-state index in [1.165, 1.54) is 54.7 Å². The van der Waals surface area contributed by atoms with Crippen LogP contribution in [0.4, 0.5) is 0 Å². The highest BCUT2D eigenvalue weighted by molar-refractivity contribution is 5.37. The molecule has 1 fully saturated rings. The van der Waals surface area contributed by atoms with Gasteiger partial charge in [-0.05, 0) is 76.4 Å². The molecule has 2 rings (SSSR count). The molecular weight excluding hydrogens is 232 g/mol. The Balaban J connectivity index is 1.96. The van der Waals surface area contributed by atoms with Crippen LogP contribution in [0.1, 0.15) is 35.1 Å². The third-order valence-corrected chi connectivity index (χ3v) is 4.24. The fourth-order valence-electron chi connectivity index (χ4n) is 3.31. The summed E-state index contributed by atoms with van der Waals surface area (Å²) < 4.78 is 0. The van der Waals surface area contributed by atoms with Crippen molar-refractivity contribution in [2.24, 2.45) is 5.92 Å². The molecule has 1 aliphatic rings. The number of hydrogen-bond acceptors (Lipinski definition) is 2. The van der Waals surface area contributed by atoms with Crippen LogP contribution >= 0.6 is 0 Å². The van der Waals surface area contributed by atoms with Crippen molar-refractivity contribution >= 4 is 0 Å². The molecule has 106 valence electrons. The molecule has 1 N–H and O–H groups in total. The minimum atomic E-state index is 0.824. The summed E-state index contributed by atoms with van der Waals surface area (Å²) in [7, 11) is 2.26. The Morgan fingerprint density at radius 3 is 2.47 bits per heavy atom. The highest BCUT2D eigenvalue weighted by atomic mass is 15.1. The van der Waals surface area contributed by atoms with Gasteiger partial charge in [-0.3, -0.25) is 0 Å². The number of hydrogen-bond donors (Lipinski definition) is 1. The maximum absolute atomic E-state index is 3.51. The summed E-state index contributed by atoms with van der Waals surface area (Å²) >= 11 is 0. The molecule has 1 aliphatic heterocycles. The molecule has 0 aromatic heterocycles. The van der Waals surface area contributed by atoms with E-state index in [2.05, 4.69) is 50.2 Å². The second-order valence-corrected chi connectivity index (χ2v) is 6.29. The highest BCUT2D eigenvalue weighted by Gasteiger charge is 2.16. The molecule has 1 unspecified atom stereocenters. The first kappa shape index (κ1) is 14.5. The van der Waals surface area contributed by atoms with Crippen LogP contribution in [0.15, 0.2) is 12.1 Å². The molecule has 0 aliphatic carbocycles. The molecule has 1 atom stereocenters. The summed E-state index contributed by atoms with van der Waals surface area (Å²) in [6.45, 7) is 11.3. The van der Waals surface area contributed by atoms with E-state index < -0.39 is 0 Å². The minimum Gasteiger partial charge on any atom is -0.316 e. The Kier molecular flexibility index (Phi) is 5.00. The number of aryl methyl sites for hydroxylation is 3. The van der Waals surface area contributed by atoms with Crippen molar-refractivity contribution in [3.8, 4) is 0 Å². The highest BCUT2D eigenvalue weighted by Crippen LogP contribution is 2.19. The molecule has 0 amide bonds. The zero-order chi connectivity index (χ0) is 13.8. The maximum Gasteiger partial charge on any atom is 0.0236 e. The zero-order valence-corrected chi connectivity index (χ0v) is 12.9. The van der Waals surface area contributed by atoms with Gasteiger partial charge in [0, 0.05) is 13.1 Å². The van der Waals surface area contributed by atoms with Crippen molar-refractivity contribution in [2.75, 3.05) is 26.7 Å². The van der Waals surface area contributed by atoms with Crippen molar-refractivity contribution in [2.45, 2.75) is 40.2 Å². The Labute approximate surface area is 118 Å². The van der Waals surface area contributed by atoms with Gasteiger partial charge in [0.1, 0.15) is 0 Å². The molecule has 0 spiro atoms. The molecule has 2 nitrogen and oxygen atoms in total. The molecule has 2 heteroatoms. The predicted molar refractivity (Wildman–Crippen MR) is 82.6 cm³/mol.